The quantitative estimate of drug-likeness (QED) is 0.674. The van der Waals surface area contributed by atoms with Gasteiger partial charge < -0.3 is 0 Å². The third-order valence-corrected chi connectivity index (χ3v) is 2.31. The molecule has 0 aliphatic heterocycles. The van der Waals surface area contributed by atoms with Gasteiger partial charge in [-0.3, -0.25) is 5.10 Å². The van der Waals surface area contributed by atoms with Gasteiger partial charge in [0.05, 0.1) is 21.8 Å². The van der Waals surface area contributed by atoms with E-state index >= 15 is 0 Å². The summed E-state index contributed by atoms with van der Waals surface area (Å²) >= 11 is 11.6. The van der Waals surface area contributed by atoms with Crippen LogP contribution in [-0.4, -0.2) is 10.2 Å². The molecule has 0 atom stereocenters. The van der Waals surface area contributed by atoms with Crippen LogP contribution in [0.4, 0.5) is 0 Å². The van der Waals surface area contributed by atoms with E-state index in [2.05, 4.69) is 10.2 Å². The monoisotopic (exact) mass is 186 g/mol. The molecule has 0 bridgehead atoms. The summed E-state index contributed by atoms with van der Waals surface area (Å²) in [6.07, 6.45) is 1.71. The van der Waals surface area contributed by atoms with Gasteiger partial charge >= 0.3 is 0 Å². The van der Waals surface area contributed by atoms with E-state index in [9.17, 15) is 0 Å². The fourth-order valence-corrected chi connectivity index (χ4v) is 1.33. The summed E-state index contributed by atoms with van der Waals surface area (Å²) in [5.41, 5.74) is 0.791. The Morgan fingerprint density at radius 1 is 1.27 bits per heavy atom. The van der Waals surface area contributed by atoms with Gasteiger partial charge in [-0.25, -0.2) is 0 Å². The van der Waals surface area contributed by atoms with Gasteiger partial charge in [0, 0.05) is 5.39 Å². The lowest BCUT2D eigenvalue weighted by atomic mass is 10.3. The van der Waals surface area contributed by atoms with Crippen molar-refractivity contribution in [3.8, 4) is 0 Å². The minimum Gasteiger partial charge on any atom is -0.276 e. The van der Waals surface area contributed by atoms with Gasteiger partial charge in [-0.2, -0.15) is 5.10 Å². The molecule has 0 radical (unpaired) electrons. The zero-order chi connectivity index (χ0) is 7.84. The predicted molar refractivity (Wildman–Crippen MR) is 46.1 cm³/mol. The maximum Gasteiger partial charge on any atom is 0.0851 e. The van der Waals surface area contributed by atoms with Crippen molar-refractivity contribution in [2.45, 2.75) is 0 Å². The highest BCUT2D eigenvalue weighted by atomic mass is 35.5. The van der Waals surface area contributed by atoms with Crippen LogP contribution in [0.25, 0.3) is 10.9 Å². The van der Waals surface area contributed by atoms with Crippen LogP contribution in [-0.2, 0) is 0 Å². The van der Waals surface area contributed by atoms with Gasteiger partial charge in [0.2, 0.25) is 0 Å². The van der Waals surface area contributed by atoms with Gasteiger partial charge in [-0.05, 0) is 12.1 Å². The molecule has 2 aromatic rings. The highest BCUT2D eigenvalue weighted by molar-refractivity contribution is 6.44. The highest BCUT2D eigenvalue weighted by Gasteiger charge is 2.03. The molecular formula is C7H4Cl2N2. The van der Waals surface area contributed by atoms with Gasteiger partial charge in [0.25, 0.3) is 0 Å². The summed E-state index contributed by atoms with van der Waals surface area (Å²) in [4.78, 5) is 0. The first-order valence-corrected chi connectivity index (χ1v) is 3.82. The molecule has 0 fully saturated rings. The first-order valence-electron chi connectivity index (χ1n) is 3.06. The Kier molecular flexibility index (Phi) is 1.51. The molecule has 0 amide bonds. The van der Waals surface area contributed by atoms with Gasteiger partial charge in [-0.1, -0.05) is 23.2 Å². The lowest BCUT2D eigenvalue weighted by molar-refractivity contribution is 1.12. The van der Waals surface area contributed by atoms with Crippen LogP contribution in [0.1, 0.15) is 0 Å². The molecule has 1 heterocycles. The summed E-state index contributed by atoms with van der Waals surface area (Å²) in [6, 6.07) is 3.62. The second kappa shape index (κ2) is 2.40. The fraction of sp³-hybridized carbons (Fsp3) is 0. The van der Waals surface area contributed by atoms with E-state index in [1.54, 1.807) is 12.3 Å². The molecule has 1 aromatic carbocycles. The Balaban J connectivity index is 2.93. The summed E-state index contributed by atoms with van der Waals surface area (Å²) in [6.45, 7) is 0. The molecule has 2 nitrogen and oxygen atoms in total. The van der Waals surface area contributed by atoms with Crippen LogP contribution < -0.4 is 0 Å². The Morgan fingerprint density at radius 2 is 2.09 bits per heavy atom. The van der Waals surface area contributed by atoms with E-state index in [1.165, 1.54) is 0 Å². The molecule has 0 unspecified atom stereocenters. The topological polar surface area (TPSA) is 28.7 Å². The van der Waals surface area contributed by atoms with E-state index in [4.69, 9.17) is 23.2 Å². The number of fused-ring (bicyclic) bond motifs is 1. The maximum atomic E-state index is 5.86. The number of hydrogen-bond acceptors (Lipinski definition) is 1. The van der Waals surface area contributed by atoms with E-state index in [1.807, 2.05) is 6.07 Å². The van der Waals surface area contributed by atoms with Crippen LogP contribution >= 0.6 is 23.2 Å². The second-order valence-electron chi connectivity index (χ2n) is 2.20. The summed E-state index contributed by atoms with van der Waals surface area (Å²) in [5.74, 6) is 0. The smallest absolute Gasteiger partial charge is 0.0851 e. The Bertz CT molecular complexity index is 394. The van der Waals surface area contributed by atoms with E-state index in [0.717, 1.165) is 10.9 Å². The molecule has 1 N–H and O–H groups in total. The highest BCUT2D eigenvalue weighted by Crippen LogP contribution is 2.28. The fourth-order valence-electron chi connectivity index (χ4n) is 0.953. The number of aromatic nitrogens is 2. The number of nitrogens with one attached hydrogen (secondary N) is 1. The van der Waals surface area contributed by atoms with Crippen molar-refractivity contribution < 1.29 is 0 Å². The molecule has 0 aliphatic rings. The lowest BCUT2D eigenvalue weighted by Gasteiger charge is -1.94. The molecule has 11 heavy (non-hydrogen) atoms. The van der Waals surface area contributed by atoms with Crippen LogP contribution in [0.2, 0.25) is 10.0 Å². The molecule has 2 rings (SSSR count). The molecule has 1 aromatic heterocycles. The van der Waals surface area contributed by atoms with Crippen LogP contribution in [0.15, 0.2) is 18.3 Å². The predicted octanol–water partition coefficient (Wildman–Crippen LogP) is 2.87. The number of rotatable bonds is 0. The average Bonchev–Trinajstić information content (AvgIpc) is 2.45. The molecule has 0 saturated heterocycles. The lowest BCUT2D eigenvalue weighted by Crippen LogP contribution is -1.72. The molecule has 0 spiro atoms. The molecule has 0 aliphatic carbocycles. The number of aromatic amines is 1. The standard InChI is InChI=1S/C7H4Cl2N2/c8-5-2-1-4-3-10-11-7(4)6(5)9/h1-3H,(H,10,11). The Morgan fingerprint density at radius 3 is 2.91 bits per heavy atom. The number of benzene rings is 1. The molecular weight excluding hydrogens is 183 g/mol. The van der Waals surface area contributed by atoms with Crippen molar-refractivity contribution in [3.05, 3.63) is 28.4 Å². The van der Waals surface area contributed by atoms with Crippen molar-refractivity contribution in [2.24, 2.45) is 0 Å². The summed E-state index contributed by atoms with van der Waals surface area (Å²) in [7, 11) is 0. The number of nitrogens with zero attached hydrogens (tertiary/aromatic N) is 1. The minimum absolute atomic E-state index is 0.529. The third kappa shape index (κ3) is 0.988. The normalized spacial score (nSPS) is 10.7. The van der Waals surface area contributed by atoms with Crippen molar-refractivity contribution >= 4 is 34.1 Å². The Hall–Kier alpha value is -0.730. The Labute approximate surface area is 73.1 Å². The van der Waals surface area contributed by atoms with Crippen LogP contribution in [0.5, 0.6) is 0 Å². The summed E-state index contributed by atoms with van der Waals surface area (Å²) in [5, 5.41) is 8.64. The van der Waals surface area contributed by atoms with Crippen molar-refractivity contribution in [1.82, 2.24) is 10.2 Å². The molecule has 56 valence electrons. The van der Waals surface area contributed by atoms with E-state index in [-0.39, 0.29) is 0 Å². The van der Waals surface area contributed by atoms with Gasteiger partial charge in [0.15, 0.2) is 0 Å². The maximum absolute atomic E-state index is 5.86. The average molecular weight is 187 g/mol. The summed E-state index contributed by atoms with van der Waals surface area (Å²) < 4.78 is 0. The first-order chi connectivity index (χ1) is 5.29. The van der Waals surface area contributed by atoms with E-state index in [0.29, 0.717) is 10.0 Å². The molecule has 0 saturated carbocycles. The van der Waals surface area contributed by atoms with Crippen molar-refractivity contribution in [3.63, 3.8) is 0 Å². The van der Waals surface area contributed by atoms with Gasteiger partial charge in [0.1, 0.15) is 0 Å². The second-order valence-corrected chi connectivity index (χ2v) is 2.98. The first kappa shape index (κ1) is 6.95. The third-order valence-electron chi connectivity index (χ3n) is 1.51. The minimum atomic E-state index is 0.529. The number of halogens is 2. The van der Waals surface area contributed by atoms with Gasteiger partial charge in [-0.15, -0.1) is 0 Å². The largest absolute Gasteiger partial charge is 0.276 e. The zero-order valence-electron chi connectivity index (χ0n) is 5.44. The van der Waals surface area contributed by atoms with Crippen LogP contribution in [0, 0.1) is 0 Å². The number of H-pyrrole nitrogens is 1. The van der Waals surface area contributed by atoms with Crippen molar-refractivity contribution in [1.29, 1.82) is 0 Å². The van der Waals surface area contributed by atoms with Crippen molar-refractivity contribution in [2.75, 3.05) is 0 Å². The zero-order valence-corrected chi connectivity index (χ0v) is 6.95. The number of hydrogen-bond donors (Lipinski definition) is 1. The molecule has 4 heteroatoms. The SMILES string of the molecule is Clc1ccc2cn[nH]c2c1Cl. The van der Waals surface area contributed by atoms with E-state index < -0.39 is 0 Å². The van der Waals surface area contributed by atoms with Crippen LogP contribution in [0.3, 0.4) is 0 Å².